The minimum absolute atomic E-state index is 0.0917. The van der Waals surface area contributed by atoms with Gasteiger partial charge in [-0.1, -0.05) is 37.3 Å². The Bertz CT molecular complexity index is 554. The number of anilines is 1. The van der Waals surface area contributed by atoms with Crippen LogP contribution in [0.5, 0.6) is 5.75 Å². The van der Waals surface area contributed by atoms with E-state index in [-0.39, 0.29) is 6.04 Å². The molecule has 0 saturated carbocycles. The maximum absolute atomic E-state index is 9.97. The quantitative estimate of drug-likeness (QED) is 0.831. The molecule has 0 saturated heterocycles. The summed E-state index contributed by atoms with van der Waals surface area (Å²) in [5, 5.41) is 13.4. The molecule has 0 heterocycles. The lowest BCUT2D eigenvalue weighted by Crippen LogP contribution is -2.10. The average molecular weight is 271 g/mol. The van der Waals surface area contributed by atoms with Crippen molar-refractivity contribution in [2.24, 2.45) is 0 Å². The monoisotopic (exact) mass is 271 g/mol. The average Bonchev–Trinajstić information content (AvgIpc) is 2.46. The van der Waals surface area contributed by atoms with Crippen molar-refractivity contribution in [3.8, 4) is 5.75 Å². The fourth-order valence-electron chi connectivity index (χ4n) is 2.30. The number of hydrogen-bond acceptors (Lipinski definition) is 3. The van der Waals surface area contributed by atoms with Gasteiger partial charge in [0.1, 0.15) is 5.75 Å². The van der Waals surface area contributed by atoms with Gasteiger partial charge in [-0.3, -0.25) is 0 Å². The number of nitrogens with one attached hydrogen (secondary N) is 1. The van der Waals surface area contributed by atoms with Gasteiger partial charge in [-0.2, -0.15) is 0 Å². The highest BCUT2D eigenvalue weighted by Gasteiger charge is 2.12. The first kappa shape index (κ1) is 14.4. The molecule has 3 heteroatoms. The molecule has 0 aliphatic rings. The zero-order chi connectivity index (χ0) is 14.4. The summed E-state index contributed by atoms with van der Waals surface area (Å²) < 4.78 is 5.15. The topological polar surface area (TPSA) is 41.5 Å². The van der Waals surface area contributed by atoms with Crippen molar-refractivity contribution in [2.75, 3.05) is 12.4 Å². The van der Waals surface area contributed by atoms with Crippen LogP contribution in [0.4, 0.5) is 5.69 Å². The Balaban J connectivity index is 2.18. The molecule has 0 bridgehead atoms. The lowest BCUT2D eigenvalue weighted by atomic mass is 10.0. The number of methoxy groups -OCH3 is 1. The van der Waals surface area contributed by atoms with Gasteiger partial charge in [0.2, 0.25) is 0 Å². The van der Waals surface area contributed by atoms with Crippen LogP contribution in [-0.2, 0) is 11.3 Å². The molecule has 2 rings (SSSR count). The molecule has 1 unspecified atom stereocenters. The minimum atomic E-state index is 0.0917. The molecule has 1 atom stereocenters. The summed E-state index contributed by atoms with van der Waals surface area (Å²) in [5.74, 6) is 0.333. The van der Waals surface area contributed by atoms with Gasteiger partial charge < -0.3 is 15.2 Å². The first-order valence-electron chi connectivity index (χ1n) is 6.87. The summed E-state index contributed by atoms with van der Waals surface area (Å²) in [4.78, 5) is 0. The summed E-state index contributed by atoms with van der Waals surface area (Å²) >= 11 is 0. The third kappa shape index (κ3) is 3.52. The molecule has 2 aromatic carbocycles. The van der Waals surface area contributed by atoms with Crippen LogP contribution in [0, 0.1) is 0 Å². The zero-order valence-corrected chi connectivity index (χ0v) is 12.0. The molecule has 2 aromatic rings. The Labute approximate surface area is 120 Å². The summed E-state index contributed by atoms with van der Waals surface area (Å²) in [6.07, 6.45) is 0.895. The van der Waals surface area contributed by atoms with Gasteiger partial charge in [-0.15, -0.1) is 0 Å². The molecule has 0 spiro atoms. The smallest absolute Gasteiger partial charge is 0.120 e. The molecule has 0 aliphatic heterocycles. The zero-order valence-electron chi connectivity index (χ0n) is 12.0. The van der Waals surface area contributed by atoms with E-state index in [0.717, 1.165) is 23.2 Å². The second-order valence-corrected chi connectivity index (χ2v) is 4.80. The molecule has 0 amide bonds. The van der Waals surface area contributed by atoms with Crippen molar-refractivity contribution in [1.82, 2.24) is 0 Å². The highest BCUT2D eigenvalue weighted by atomic mass is 16.5. The maximum Gasteiger partial charge on any atom is 0.120 e. The number of phenolic OH excluding ortho intramolecular Hbond substituents is 1. The number of aromatic hydroxyl groups is 1. The van der Waals surface area contributed by atoms with E-state index in [0.29, 0.717) is 12.4 Å². The molecule has 0 fully saturated rings. The Kier molecular flexibility index (Phi) is 5.02. The van der Waals surface area contributed by atoms with Gasteiger partial charge in [0.15, 0.2) is 0 Å². The summed E-state index contributed by atoms with van der Waals surface area (Å²) in [5.41, 5.74) is 3.09. The first-order chi connectivity index (χ1) is 9.74. The lowest BCUT2D eigenvalue weighted by Gasteiger charge is -2.20. The van der Waals surface area contributed by atoms with E-state index in [2.05, 4.69) is 18.3 Å². The van der Waals surface area contributed by atoms with Gasteiger partial charge in [-0.05, 0) is 30.2 Å². The molecule has 0 aliphatic carbocycles. The van der Waals surface area contributed by atoms with E-state index in [9.17, 15) is 5.11 Å². The molecule has 106 valence electrons. The van der Waals surface area contributed by atoms with Crippen molar-refractivity contribution in [2.45, 2.75) is 26.0 Å². The van der Waals surface area contributed by atoms with Crippen LogP contribution < -0.4 is 5.32 Å². The fraction of sp³-hybridized carbons (Fsp3) is 0.294. The number of ether oxygens (including phenoxy) is 1. The normalized spacial score (nSPS) is 12.1. The summed E-state index contributed by atoms with van der Waals surface area (Å²) in [7, 11) is 1.69. The highest BCUT2D eigenvalue weighted by molar-refractivity contribution is 5.49. The van der Waals surface area contributed by atoms with Crippen LogP contribution >= 0.6 is 0 Å². The predicted molar refractivity (Wildman–Crippen MR) is 81.9 cm³/mol. The van der Waals surface area contributed by atoms with E-state index in [1.54, 1.807) is 13.2 Å². The summed E-state index contributed by atoms with van der Waals surface area (Å²) in [6.45, 7) is 2.70. The molecular weight excluding hydrogens is 250 g/mol. The highest BCUT2D eigenvalue weighted by Crippen LogP contribution is 2.29. The van der Waals surface area contributed by atoms with E-state index in [1.807, 2.05) is 36.4 Å². The second kappa shape index (κ2) is 6.96. The van der Waals surface area contributed by atoms with Gasteiger partial charge in [0.05, 0.1) is 12.6 Å². The number of rotatable bonds is 6. The van der Waals surface area contributed by atoms with Crippen LogP contribution in [0.15, 0.2) is 48.5 Å². The van der Waals surface area contributed by atoms with Crippen molar-refractivity contribution in [3.63, 3.8) is 0 Å². The number of phenols is 1. The Hall–Kier alpha value is -2.00. The van der Waals surface area contributed by atoms with E-state index < -0.39 is 0 Å². The first-order valence-corrected chi connectivity index (χ1v) is 6.87. The van der Waals surface area contributed by atoms with E-state index in [4.69, 9.17) is 4.74 Å². The van der Waals surface area contributed by atoms with Gasteiger partial charge in [-0.25, -0.2) is 0 Å². The Morgan fingerprint density at radius 2 is 1.95 bits per heavy atom. The predicted octanol–water partition coefficient (Wildman–Crippen LogP) is 4.10. The van der Waals surface area contributed by atoms with Gasteiger partial charge in [0.25, 0.3) is 0 Å². The van der Waals surface area contributed by atoms with E-state index >= 15 is 0 Å². The number of hydrogen-bond donors (Lipinski definition) is 2. The second-order valence-electron chi connectivity index (χ2n) is 4.80. The van der Waals surface area contributed by atoms with Crippen LogP contribution in [0.25, 0.3) is 0 Å². The van der Waals surface area contributed by atoms with Crippen LogP contribution in [0.1, 0.15) is 30.5 Å². The fourth-order valence-corrected chi connectivity index (χ4v) is 2.30. The summed E-state index contributed by atoms with van der Waals surface area (Å²) in [6, 6.07) is 15.7. The lowest BCUT2D eigenvalue weighted by molar-refractivity contribution is 0.185. The standard InChI is InChI=1S/C17H21NO2/c1-3-16(15-9-4-5-10-17(15)19)18-14-8-6-7-13(11-14)12-20-2/h4-11,16,18-19H,3,12H2,1-2H3. The van der Waals surface area contributed by atoms with Crippen molar-refractivity contribution in [3.05, 3.63) is 59.7 Å². The number of benzene rings is 2. The van der Waals surface area contributed by atoms with E-state index in [1.165, 1.54) is 0 Å². The van der Waals surface area contributed by atoms with Crippen molar-refractivity contribution >= 4 is 5.69 Å². The maximum atomic E-state index is 9.97. The van der Waals surface area contributed by atoms with Gasteiger partial charge in [0, 0.05) is 18.4 Å². The Morgan fingerprint density at radius 3 is 2.65 bits per heavy atom. The molecule has 2 N–H and O–H groups in total. The van der Waals surface area contributed by atoms with Crippen molar-refractivity contribution < 1.29 is 9.84 Å². The number of para-hydroxylation sites is 1. The van der Waals surface area contributed by atoms with Crippen LogP contribution in [0.2, 0.25) is 0 Å². The molecule has 3 nitrogen and oxygen atoms in total. The molecular formula is C17H21NO2. The van der Waals surface area contributed by atoms with Crippen LogP contribution in [0.3, 0.4) is 0 Å². The molecule has 0 aromatic heterocycles. The largest absolute Gasteiger partial charge is 0.508 e. The van der Waals surface area contributed by atoms with Gasteiger partial charge >= 0.3 is 0 Å². The SMILES string of the molecule is CCC(Nc1cccc(COC)c1)c1ccccc1O. The minimum Gasteiger partial charge on any atom is -0.508 e. The van der Waals surface area contributed by atoms with Crippen molar-refractivity contribution in [1.29, 1.82) is 0 Å². The molecule has 0 radical (unpaired) electrons. The third-order valence-electron chi connectivity index (χ3n) is 3.30. The Morgan fingerprint density at radius 1 is 1.15 bits per heavy atom. The molecule has 20 heavy (non-hydrogen) atoms. The third-order valence-corrected chi connectivity index (χ3v) is 3.30. The van der Waals surface area contributed by atoms with Crippen LogP contribution in [-0.4, -0.2) is 12.2 Å².